The lowest BCUT2D eigenvalue weighted by Gasteiger charge is -1.76. The number of carbonyl (C=O) groups excluding carboxylic acids is 1. The second-order valence-corrected chi connectivity index (χ2v) is 3.00. The Morgan fingerprint density at radius 1 is 1.67 bits per heavy atom. The summed E-state index contributed by atoms with van der Waals surface area (Å²) in [7, 11) is 0. The molecule has 1 aromatic heterocycles. The van der Waals surface area contributed by atoms with Gasteiger partial charge in [0.05, 0.1) is 5.69 Å². The van der Waals surface area contributed by atoms with Crippen molar-refractivity contribution in [3.05, 3.63) is 23.5 Å². The highest BCUT2D eigenvalue weighted by Crippen LogP contribution is 1.98. The average molecular weight is 226 g/mol. The number of aromatic nitrogens is 1. The molecule has 0 unspecified atom stereocenters. The van der Waals surface area contributed by atoms with Gasteiger partial charge < -0.3 is 4.98 Å². The number of aldehydes is 1. The van der Waals surface area contributed by atoms with E-state index < -0.39 is 0 Å². The zero-order valence-electron chi connectivity index (χ0n) is 6.43. The minimum atomic E-state index is 0.568. The Balaban J connectivity index is 2.65. The molecule has 0 bridgehead atoms. The van der Waals surface area contributed by atoms with Crippen LogP contribution in [0.25, 0.3) is 0 Å². The second kappa shape index (κ2) is 4.78. The molecule has 1 aromatic rings. The number of H-pyrrole nitrogens is 1. The van der Waals surface area contributed by atoms with Crippen molar-refractivity contribution < 1.29 is 4.79 Å². The number of hydrogen-bond acceptors (Lipinski definition) is 1. The minimum Gasteiger partial charge on any atom is -0.358 e. The standard InChI is InChI=1S/C9H8BrNO/c10-4-2-1-3-8-5-9(7-12)11-6-8/h5-7,11H,2,4H2. The third-order valence-electron chi connectivity index (χ3n) is 1.28. The van der Waals surface area contributed by atoms with Crippen LogP contribution in [-0.2, 0) is 0 Å². The van der Waals surface area contributed by atoms with E-state index in [1.165, 1.54) is 0 Å². The quantitative estimate of drug-likeness (QED) is 0.466. The zero-order valence-corrected chi connectivity index (χ0v) is 8.02. The lowest BCUT2D eigenvalue weighted by atomic mass is 10.3. The number of nitrogens with one attached hydrogen (secondary N) is 1. The van der Waals surface area contributed by atoms with Crippen molar-refractivity contribution in [1.82, 2.24) is 4.98 Å². The molecule has 0 saturated heterocycles. The highest BCUT2D eigenvalue weighted by molar-refractivity contribution is 9.09. The first-order chi connectivity index (χ1) is 5.86. The van der Waals surface area contributed by atoms with Gasteiger partial charge in [0.15, 0.2) is 6.29 Å². The Labute approximate surface area is 79.5 Å². The summed E-state index contributed by atoms with van der Waals surface area (Å²) in [5.41, 5.74) is 1.43. The molecule has 2 nitrogen and oxygen atoms in total. The van der Waals surface area contributed by atoms with Crippen LogP contribution in [0, 0.1) is 11.8 Å². The van der Waals surface area contributed by atoms with Gasteiger partial charge in [-0.15, -0.1) is 0 Å². The fourth-order valence-electron chi connectivity index (χ4n) is 0.764. The molecule has 0 aromatic carbocycles. The molecule has 12 heavy (non-hydrogen) atoms. The fraction of sp³-hybridized carbons (Fsp3) is 0.222. The SMILES string of the molecule is O=Cc1cc(C#CCCBr)c[nH]1. The molecule has 0 amide bonds. The van der Waals surface area contributed by atoms with Gasteiger partial charge in [-0.3, -0.25) is 4.79 Å². The Kier molecular flexibility index (Phi) is 3.62. The van der Waals surface area contributed by atoms with Gasteiger partial charge in [0.2, 0.25) is 0 Å². The maximum absolute atomic E-state index is 10.3. The molecule has 0 aliphatic carbocycles. The van der Waals surface area contributed by atoms with Crippen LogP contribution in [0.4, 0.5) is 0 Å². The monoisotopic (exact) mass is 225 g/mol. The summed E-state index contributed by atoms with van der Waals surface area (Å²) in [5, 5.41) is 0.880. The van der Waals surface area contributed by atoms with Crippen molar-refractivity contribution >= 4 is 22.2 Å². The molecule has 0 aliphatic rings. The molecule has 0 atom stereocenters. The molecule has 0 saturated carbocycles. The average Bonchev–Trinajstić information content (AvgIpc) is 2.53. The summed E-state index contributed by atoms with van der Waals surface area (Å²) in [6.45, 7) is 0. The van der Waals surface area contributed by atoms with Crippen molar-refractivity contribution in [1.29, 1.82) is 0 Å². The number of rotatable bonds is 2. The van der Waals surface area contributed by atoms with Gasteiger partial charge in [0, 0.05) is 23.5 Å². The Hall–Kier alpha value is -1.01. The van der Waals surface area contributed by atoms with Crippen molar-refractivity contribution in [2.75, 3.05) is 5.33 Å². The minimum absolute atomic E-state index is 0.568. The van der Waals surface area contributed by atoms with Crippen molar-refractivity contribution in [2.45, 2.75) is 6.42 Å². The molecule has 0 aliphatic heterocycles. The van der Waals surface area contributed by atoms with Gasteiger partial charge in [-0.05, 0) is 6.07 Å². The van der Waals surface area contributed by atoms with Gasteiger partial charge in [-0.1, -0.05) is 27.8 Å². The van der Waals surface area contributed by atoms with Gasteiger partial charge in [0.1, 0.15) is 0 Å². The van der Waals surface area contributed by atoms with E-state index in [0.29, 0.717) is 5.69 Å². The maximum atomic E-state index is 10.3. The van der Waals surface area contributed by atoms with E-state index in [1.54, 1.807) is 12.3 Å². The summed E-state index contributed by atoms with van der Waals surface area (Å²) in [6, 6.07) is 1.73. The predicted molar refractivity (Wildman–Crippen MR) is 51.5 cm³/mol. The van der Waals surface area contributed by atoms with E-state index in [-0.39, 0.29) is 0 Å². The second-order valence-electron chi connectivity index (χ2n) is 2.20. The van der Waals surface area contributed by atoms with E-state index in [4.69, 9.17) is 0 Å². The summed E-state index contributed by atoms with van der Waals surface area (Å²) in [5.74, 6) is 5.89. The highest BCUT2D eigenvalue weighted by Gasteiger charge is 1.92. The Bertz CT molecular complexity index is 319. The molecule has 0 fully saturated rings. The highest BCUT2D eigenvalue weighted by atomic mass is 79.9. The van der Waals surface area contributed by atoms with Gasteiger partial charge in [-0.2, -0.15) is 0 Å². The number of aromatic amines is 1. The molecule has 3 heteroatoms. The van der Waals surface area contributed by atoms with Crippen LogP contribution >= 0.6 is 15.9 Å². The van der Waals surface area contributed by atoms with Gasteiger partial charge >= 0.3 is 0 Å². The van der Waals surface area contributed by atoms with E-state index in [9.17, 15) is 4.79 Å². The van der Waals surface area contributed by atoms with E-state index >= 15 is 0 Å². The first-order valence-corrected chi connectivity index (χ1v) is 4.67. The normalized spacial score (nSPS) is 8.75. The summed E-state index contributed by atoms with van der Waals surface area (Å²) in [4.78, 5) is 13.1. The van der Waals surface area contributed by atoms with E-state index in [1.807, 2.05) is 0 Å². The Morgan fingerprint density at radius 2 is 2.50 bits per heavy atom. The fourth-order valence-corrected chi connectivity index (χ4v) is 0.962. The van der Waals surface area contributed by atoms with Crippen LogP contribution in [0.15, 0.2) is 12.3 Å². The number of alkyl halides is 1. The van der Waals surface area contributed by atoms with Crippen molar-refractivity contribution in [3.8, 4) is 11.8 Å². The first kappa shape index (κ1) is 9.08. The van der Waals surface area contributed by atoms with E-state index in [0.717, 1.165) is 23.6 Å². The number of hydrogen-bond donors (Lipinski definition) is 1. The molecule has 1 heterocycles. The molecule has 1 N–H and O–H groups in total. The van der Waals surface area contributed by atoms with Crippen LogP contribution in [0.5, 0.6) is 0 Å². The lowest BCUT2D eigenvalue weighted by Crippen LogP contribution is -1.73. The zero-order chi connectivity index (χ0) is 8.81. The molecule has 0 spiro atoms. The first-order valence-electron chi connectivity index (χ1n) is 3.55. The largest absolute Gasteiger partial charge is 0.358 e. The van der Waals surface area contributed by atoms with E-state index in [2.05, 4.69) is 32.8 Å². The van der Waals surface area contributed by atoms with Crippen LogP contribution in [0.1, 0.15) is 22.5 Å². The summed E-state index contributed by atoms with van der Waals surface area (Å²) >= 11 is 3.28. The maximum Gasteiger partial charge on any atom is 0.166 e. The third-order valence-corrected chi connectivity index (χ3v) is 1.68. The van der Waals surface area contributed by atoms with Crippen molar-refractivity contribution in [3.63, 3.8) is 0 Å². The smallest absolute Gasteiger partial charge is 0.166 e. The molecular formula is C9H8BrNO. The molecule has 62 valence electrons. The predicted octanol–water partition coefficient (Wildman–Crippen LogP) is 1.96. The van der Waals surface area contributed by atoms with Crippen LogP contribution < -0.4 is 0 Å². The summed E-state index contributed by atoms with van der Waals surface area (Å²) < 4.78 is 0. The molecular weight excluding hydrogens is 218 g/mol. The lowest BCUT2D eigenvalue weighted by molar-refractivity contribution is 0.111. The van der Waals surface area contributed by atoms with Gasteiger partial charge in [0.25, 0.3) is 0 Å². The molecule has 1 rings (SSSR count). The van der Waals surface area contributed by atoms with Crippen LogP contribution in [-0.4, -0.2) is 16.6 Å². The number of carbonyl (C=O) groups is 1. The molecule has 0 radical (unpaired) electrons. The van der Waals surface area contributed by atoms with Crippen LogP contribution in [0.2, 0.25) is 0 Å². The van der Waals surface area contributed by atoms with Gasteiger partial charge in [-0.25, -0.2) is 0 Å². The number of halogens is 1. The Morgan fingerprint density at radius 3 is 3.08 bits per heavy atom. The van der Waals surface area contributed by atoms with Crippen molar-refractivity contribution in [2.24, 2.45) is 0 Å². The van der Waals surface area contributed by atoms with Crippen LogP contribution in [0.3, 0.4) is 0 Å². The third kappa shape index (κ3) is 2.55. The summed E-state index contributed by atoms with van der Waals surface area (Å²) in [6.07, 6.45) is 3.32. The topological polar surface area (TPSA) is 32.9 Å².